The molecule has 64 valence electrons. The molecule has 0 aromatic carbocycles. The zero-order valence-corrected chi connectivity index (χ0v) is 8.12. The molecule has 0 spiro atoms. The number of pyridine rings is 1. The van der Waals surface area contributed by atoms with E-state index in [1.807, 2.05) is 17.2 Å². The number of hydrogen-bond acceptors (Lipinski definition) is 3. The van der Waals surface area contributed by atoms with Gasteiger partial charge in [0, 0.05) is 17.2 Å². The molecular weight excluding hydrogens is 220 g/mol. The van der Waals surface area contributed by atoms with Crippen LogP contribution in [0.4, 0.5) is 5.82 Å². The van der Waals surface area contributed by atoms with Crippen molar-refractivity contribution in [2.45, 2.75) is 6.42 Å². The van der Waals surface area contributed by atoms with Gasteiger partial charge in [-0.3, -0.25) is 4.84 Å². The summed E-state index contributed by atoms with van der Waals surface area (Å²) < 4.78 is 0.991. The smallest absolute Gasteiger partial charge is 0.152 e. The van der Waals surface area contributed by atoms with E-state index in [1.54, 1.807) is 6.20 Å². The minimum absolute atomic E-state index is 0.803. The van der Waals surface area contributed by atoms with Gasteiger partial charge >= 0.3 is 0 Å². The van der Waals surface area contributed by atoms with Gasteiger partial charge in [-0.2, -0.15) is 0 Å². The summed E-state index contributed by atoms with van der Waals surface area (Å²) in [6, 6.07) is 3.90. The van der Waals surface area contributed by atoms with Crippen LogP contribution in [0.2, 0.25) is 0 Å². The van der Waals surface area contributed by atoms with Crippen molar-refractivity contribution in [1.29, 1.82) is 0 Å². The number of halogens is 1. The number of hydroxylamine groups is 1. The summed E-state index contributed by atoms with van der Waals surface area (Å²) >= 11 is 3.33. The van der Waals surface area contributed by atoms with Crippen LogP contribution in [0.15, 0.2) is 22.8 Å². The third-order valence-electron chi connectivity index (χ3n) is 1.72. The van der Waals surface area contributed by atoms with E-state index >= 15 is 0 Å². The largest absolute Gasteiger partial charge is 0.272 e. The fraction of sp³-hybridized carbons (Fsp3) is 0.375. The summed E-state index contributed by atoms with van der Waals surface area (Å²) in [5.74, 6) is 0.885. The minimum Gasteiger partial charge on any atom is -0.272 e. The zero-order valence-electron chi connectivity index (χ0n) is 6.53. The molecule has 1 aliphatic heterocycles. The Kier molecular flexibility index (Phi) is 2.28. The fourth-order valence-corrected chi connectivity index (χ4v) is 1.38. The molecule has 0 amide bonds. The summed E-state index contributed by atoms with van der Waals surface area (Å²) in [6.07, 6.45) is 2.86. The van der Waals surface area contributed by atoms with E-state index < -0.39 is 0 Å². The van der Waals surface area contributed by atoms with Crippen molar-refractivity contribution in [3.05, 3.63) is 22.8 Å². The molecule has 2 heterocycles. The summed E-state index contributed by atoms with van der Waals surface area (Å²) in [5.41, 5.74) is 0. The second-order valence-corrected chi connectivity index (χ2v) is 3.54. The van der Waals surface area contributed by atoms with Crippen molar-refractivity contribution in [2.24, 2.45) is 0 Å². The molecular formula is C8H9BrN2O. The Morgan fingerprint density at radius 3 is 3.00 bits per heavy atom. The molecule has 1 aromatic rings. The monoisotopic (exact) mass is 228 g/mol. The molecule has 4 heteroatoms. The van der Waals surface area contributed by atoms with Gasteiger partial charge in [-0.15, -0.1) is 0 Å². The predicted molar refractivity (Wildman–Crippen MR) is 49.9 cm³/mol. The van der Waals surface area contributed by atoms with Crippen LogP contribution in [0, 0.1) is 0 Å². The molecule has 12 heavy (non-hydrogen) atoms. The first-order valence-electron chi connectivity index (χ1n) is 3.88. The Balaban J connectivity index is 2.17. The topological polar surface area (TPSA) is 25.4 Å². The third kappa shape index (κ3) is 1.59. The van der Waals surface area contributed by atoms with Crippen molar-refractivity contribution in [3.8, 4) is 0 Å². The van der Waals surface area contributed by atoms with Crippen LogP contribution in [0.5, 0.6) is 0 Å². The van der Waals surface area contributed by atoms with E-state index in [4.69, 9.17) is 4.84 Å². The van der Waals surface area contributed by atoms with Gasteiger partial charge in [0.15, 0.2) is 5.82 Å². The van der Waals surface area contributed by atoms with E-state index in [0.29, 0.717) is 0 Å². The second-order valence-electron chi connectivity index (χ2n) is 2.62. The van der Waals surface area contributed by atoms with Crippen LogP contribution in [0.1, 0.15) is 6.42 Å². The number of hydrogen-bond donors (Lipinski definition) is 0. The van der Waals surface area contributed by atoms with Crippen molar-refractivity contribution >= 4 is 21.7 Å². The maximum atomic E-state index is 5.33. The van der Waals surface area contributed by atoms with Crippen LogP contribution < -0.4 is 5.06 Å². The van der Waals surface area contributed by atoms with Crippen LogP contribution in [-0.4, -0.2) is 18.1 Å². The molecule has 1 fully saturated rings. The van der Waals surface area contributed by atoms with Crippen molar-refractivity contribution < 1.29 is 4.84 Å². The van der Waals surface area contributed by atoms with Crippen LogP contribution in [0.3, 0.4) is 0 Å². The first-order chi connectivity index (χ1) is 5.86. The Morgan fingerprint density at radius 2 is 2.42 bits per heavy atom. The molecule has 0 aliphatic carbocycles. The quantitative estimate of drug-likeness (QED) is 0.736. The maximum absolute atomic E-state index is 5.33. The van der Waals surface area contributed by atoms with Gasteiger partial charge in [0.1, 0.15) is 0 Å². The van der Waals surface area contributed by atoms with Crippen molar-refractivity contribution in [2.75, 3.05) is 18.2 Å². The van der Waals surface area contributed by atoms with E-state index in [2.05, 4.69) is 20.9 Å². The van der Waals surface area contributed by atoms with Gasteiger partial charge in [-0.1, -0.05) is 0 Å². The fourth-order valence-electron chi connectivity index (χ4n) is 1.14. The minimum atomic E-state index is 0.803. The van der Waals surface area contributed by atoms with Gasteiger partial charge < -0.3 is 0 Å². The molecule has 0 radical (unpaired) electrons. The molecule has 3 nitrogen and oxygen atoms in total. The molecule has 0 atom stereocenters. The maximum Gasteiger partial charge on any atom is 0.152 e. The first kappa shape index (κ1) is 8.01. The van der Waals surface area contributed by atoms with E-state index in [1.165, 1.54) is 0 Å². The molecule has 1 aliphatic rings. The predicted octanol–water partition coefficient (Wildman–Crippen LogP) is 1.99. The average Bonchev–Trinajstić information content (AvgIpc) is 2.58. The Bertz CT molecular complexity index is 256. The van der Waals surface area contributed by atoms with E-state index in [9.17, 15) is 0 Å². The standard InChI is InChI=1S/C8H9BrN2O/c9-7-2-3-8(10-6-7)11-4-1-5-12-11/h2-3,6H,1,4-5H2. The van der Waals surface area contributed by atoms with Gasteiger partial charge in [0.05, 0.1) is 6.61 Å². The highest BCUT2D eigenvalue weighted by atomic mass is 79.9. The summed E-state index contributed by atoms with van der Waals surface area (Å²) in [4.78, 5) is 9.55. The van der Waals surface area contributed by atoms with Gasteiger partial charge in [0.2, 0.25) is 0 Å². The van der Waals surface area contributed by atoms with Gasteiger partial charge in [0.25, 0.3) is 0 Å². The molecule has 0 bridgehead atoms. The van der Waals surface area contributed by atoms with Crippen LogP contribution in [0.25, 0.3) is 0 Å². The highest BCUT2D eigenvalue weighted by Gasteiger charge is 2.13. The Morgan fingerprint density at radius 1 is 1.50 bits per heavy atom. The van der Waals surface area contributed by atoms with E-state index in [0.717, 1.165) is 29.9 Å². The van der Waals surface area contributed by atoms with Crippen LogP contribution in [-0.2, 0) is 4.84 Å². The van der Waals surface area contributed by atoms with Gasteiger partial charge in [-0.05, 0) is 34.5 Å². The van der Waals surface area contributed by atoms with Crippen molar-refractivity contribution in [1.82, 2.24) is 4.98 Å². The number of nitrogens with zero attached hydrogens (tertiary/aromatic N) is 2. The second kappa shape index (κ2) is 3.41. The molecule has 1 saturated heterocycles. The number of rotatable bonds is 1. The third-order valence-corrected chi connectivity index (χ3v) is 2.19. The Hall–Kier alpha value is -0.610. The lowest BCUT2D eigenvalue weighted by Gasteiger charge is -2.13. The van der Waals surface area contributed by atoms with Crippen molar-refractivity contribution in [3.63, 3.8) is 0 Å². The zero-order chi connectivity index (χ0) is 8.39. The molecule has 1 aromatic heterocycles. The SMILES string of the molecule is Brc1ccc(N2CCCO2)nc1. The first-order valence-corrected chi connectivity index (χ1v) is 4.67. The lowest BCUT2D eigenvalue weighted by atomic mass is 10.4. The number of aromatic nitrogens is 1. The highest BCUT2D eigenvalue weighted by molar-refractivity contribution is 9.10. The lowest BCUT2D eigenvalue weighted by Crippen LogP contribution is -2.16. The van der Waals surface area contributed by atoms with E-state index in [-0.39, 0.29) is 0 Å². The average molecular weight is 229 g/mol. The molecule has 0 N–H and O–H groups in total. The summed E-state index contributed by atoms with van der Waals surface area (Å²) in [7, 11) is 0. The summed E-state index contributed by atoms with van der Waals surface area (Å²) in [5, 5.41) is 1.83. The Labute approximate surface area is 79.4 Å². The molecule has 0 saturated carbocycles. The molecule has 0 unspecified atom stereocenters. The lowest BCUT2D eigenvalue weighted by molar-refractivity contribution is 0.166. The summed E-state index contributed by atoms with van der Waals surface area (Å²) in [6.45, 7) is 1.74. The molecule has 2 rings (SSSR count). The van der Waals surface area contributed by atoms with Crippen LogP contribution >= 0.6 is 15.9 Å². The normalized spacial score (nSPS) is 16.9. The number of anilines is 1. The van der Waals surface area contributed by atoms with Gasteiger partial charge in [-0.25, -0.2) is 10.0 Å². The highest BCUT2D eigenvalue weighted by Crippen LogP contribution is 2.17.